The molecule has 0 aliphatic rings. The van der Waals surface area contributed by atoms with E-state index in [1.54, 1.807) is 6.08 Å². The van der Waals surface area contributed by atoms with Crippen molar-refractivity contribution in [3.8, 4) is 0 Å². The molecule has 0 aromatic heterocycles. The van der Waals surface area contributed by atoms with Gasteiger partial charge in [0.25, 0.3) is 0 Å². The highest BCUT2D eigenvalue weighted by atomic mass is 32.3. The van der Waals surface area contributed by atoms with Crippen molar-refractivity contribution in [1.29, 1.82) is 0 Å². The molecule has 0 aromatic rings. The van der Waals surface area contributed by atoms with E-state index in [-0.39, 0.29) is 6.61 Å². The predicted octanol–water partition coefficient (Wildman–Crippen LogP) is -1.40. The van der Waals surface area contributed by atoms with Gasteiger partial charge in [-0.3, -0.25) is 4.18 Å². The molecule has 0 saturated heterocycles. The smallest absolute Gasteiger partial charge is 0.217 e. The Bertz CT molecular complexity index is 212. The second-order valence-electron chi connectivity index (χ2n) is 2.19. The summed E-state index contributed by atoms with van der Waals surface area (Å²) in [5.41, 5.74) is 0. The van der Waals surface area contributed by atoms with Gasteiger partial charge in [0.05, 0.1) is 19.7 Å². The van der Waals surface area contributed by atoms with Crippen LogP contribution in [0, 0.1) is 0 Å². The van der Waals surface area contributed by atoms with Gasteiger partial charge in [0.2, 0.25) is 10.4 Å². The fourth-order valence-corrected chi connectivity index (χ4v) is 0.946. The Labute approximate surface area is 72.4 Å². The molecule has 0 atom stereocenters. The molecule has 0 fully saturated rings. The Hall–Kier alpha value is -0.430. The van der Waals surface area contributed by atoms with E-state index in [1.165, 1.54) is 0 Å². The van der Waals surface area contributed by atoms with Crippen LogP contribution in [-0.2, 0) is 14.6 Å². The first kappa shape index (κ1) is 11.6. The lowest BCUT2D eigenvalue weighted by atomic mass is 10.4. The normalized spacial score (nSPS) is 11.4. The third-order valence-corrected chi connectivity index (χ3v) is 1.57. The molecule has 0 aromatic carbocycles. The van der Waals surface area contributed by atoms with Crippen LogP contribution in [0.5, 0.6) is 0 Å². The number of quaternary nitrogens is 1. The van der Waals surface area contributed by atoms with E-state index in [9.17, 15) is 13.0 Å². The Morgan fingerprint density at radius 1 is 1.58 bits per heavy atom. The van der Waals surface area contributed by atoms with E-state index in [2.05, 4.69) is 10.8 Å². The van der Waals surface area contributed by atoms with Gasteiger partial charge >= 0.3 is 0 Å². The maximum absolute atomic E-state index is 9.92. The molecule has 0 saturated carbocycles. The van der Waals surface area contributed by atoms with Crippen LogP contribution in [0.25, 0.3) is 0 Å². The highest BCUT2D eigenvalue weighted by Crippen LogP contribution is 1.86. The average Bonchev–Trinajstić information content (AvgIpc) is 1.94. The van der Waals surface area contributed by atoms with Crippen LogP contribution in [0.3, 0.4) is 0 Å². The minimum atomic E-state index is -4.50. The van der Waals surface area contributed by atoms with Crippen molar-refractivity contribution >= 4 is 10.4 Å². The molecule has 0 unspecified atom stereocenters. The molecule has 2 N–H and O–H groups in total. The predicted molar refractivity (Wildman–Crippen MR) is 42.1 cm³/mol. The summed E-state index contributed by atoms with van der Waals surface area (Å²) >= 11 is 0. The summed E-state index contributed by atoms with van der Waals surface area (Å²) in [5.74, 6) is 0. The average molecular weight is 195 g/mol. The van der Waals surface area contributed by atoms with Crippen LogP contribution in [0.4, 0.5) is 0 Å². The SMILES string of the molecule is C=CC[NH2+]CCCOS(=O)(=O)[O-]. The first-order chi connectivity index (χ1) is 5.56. The van der Waals surface area contributed by atoms with Crippen LogP contribution in [0.15, 0.2) is 12.7 Å². The summed E-state index contributed by atoms with van der Waals surface area (Å²) in [4.78, 5) is 0. The molecule has 0 spiro atoms. The Kier molecular flexibility index (Phi) is 5.91. The zero-order valence-electron chi connectivity index (χ0n) is 6.73. The molecule has 0 rings (SSSR count). The highest BCUT2D eigenvalue weighted by molar-refractivity contribution is 7.80. The topological polar surface area (TPSA) is 83.0 Å². The summed E-state index contributed by atoms with van der Waals surface area (Å²) in [7, 11) is -4.50. The van der Waals surface area contributed by atoms with E-state index in [0.717, 1.165) is 13.1 Å². The lowest BCUT2D eigenvalue weighted by Crippen LogP contribution is -2.84. The molecule has 72 valence electrons. The third-order valence-electron chi connectivity index (χ3n) is 1.11. The Morgan fingerprint density at radius 2 is 2.25 bits per heavy atom. The number of hydrogen-bond donors (Lipinski definition) is 1. The minimum Gasteiger partial charge on any atom is -0.726 e. The van der Waals surface area contributed by atoms with Gasteiger partial charge in [-0.1, -0.05) is 6.58 Å². The molecule has 0 amide bonds. The van der Waals surface area contributed by atoms with Gasteiger partial charge in [-0.05, 0) is 6.08 Å². The fraction of sp³-hybridized carbons (Fsp3) is 0.667. The Balaban J connectivity index is 3.17. The standard InChI is InChI=1S/C6H13NO4S/c1-2-4-7-5-3-6-11-12(8,9)10/h2,7H,1,3-6H2,(H,8,9,10). The highest BCUT2D eigenvalue weighted by Gasteiger charge is 1.94. The van der Waals surface area contributed by atoms with Crippen LogP contribution in [0.2, 0.25) is 0 Å². The van der Waals surface area contributed by atoms with Crippen molar-refractivity contribution in [3.63, 3.8) is 0 Å². The maximum atomic E-state index is 9.92. The summed E-state index contributed by atoms with van der Waals surface area (Å²) in [5, 5.41) is 1.94. The summed E-state index contributed by atoms with van der Waals surface area (Å²) < 4.78 is 33.7. The van der Waals surface area contributed by atoms with Crippen molar-refractivity contribution in [3.05, 3.63) is 12.7 Å². The molecule has 5 nitrogen and oxygen atoms in total. The van der Waals surface area contributed by atoms with Crippen molar-refractivity contribution in [2.75, 3.05) is 19.7 Å². The molecule has 0 aliphatic carbocycles. The van der Waals surface area contributed by atoms with E-state index in [0.29, 0.717) is 6.42 Å². The molecule has 0 radical (unpaired) electrons. The molecule has 0 bridgehead atoms. The van der Waals surface area contributed by atoms with Crippen LogP contribution in [-0.4, -0.2) is 32.7 Å². The quantitative estimate of drug-likeness (QED) is 0.234. The van der Waals surface area contributed by atoms with Crippen molar-refractivity contribution in [2.45, 2.75) is 6.42 Å². The molecule has 6 heteroatoms. The molecular formula is C6H13NO4S. The van der Waals surface area contributed by atoms with Crippen molar-refractivity contribution in [1.82, 2.24) is 0 Å². The van der Waals surface area contributed by atoms with E-state index in [1.807, 2.05) is 5.32 Å². The summed E-state index contributed by atoms with van der Waals surface area (Å²) in [6, 6.07) is 0. The van der Waals surface area contributed by atoms with Crippen molar-refractivity contribution < 1.29 is 22.5 Å². The van der Waals surface area contributed by atoms with Gasteiger partial charge in [0, 0.05) is 6.42 Å². The first-order valence-electron chi connectivity index (χ1n) is 3.59. The van der Waals surface area contributed by atoms with Gasteiger partial charge in [-0.25, -0.2) is 8.42 Å². The van der Waals surface area contributed by atoms with Gasteiger partial charge in [0.15, 0.2) is 0 Å². The van der Waals surface area contributed by atoms with Gasteiger partial charge in [-0.15, -0.1) is 0 Å². The summed E-state index contributed by atoms with van der Waals surface area (Å²) in [6.07, 6.45) is 2.28. The molecule has 0 aliphatic heterocycles. The number of hydrogen-bond acceptors (Lipinski definition) is 4. The third kappa shape index (κ3) is 9.57. The van der Waals surface area contributed by atoms with Crippen LogP contribution in [0.1, 0.15) is 6.42 Å². The van der Waals surface area contributed by atoms with Gasteiger partial charge < -0.3 is 9.87 Å². The van der Waals surface area contributed by atoms with E-state index in [4.69, 9.17) is 0 Å². The first-order valence-corrected chi connectivity index (χ1v) is 4.92. The number of nitrogens with two attached hydrogens (primary N) is 1. The minimum absolute atomic E-state index is 0.0422. The second kappa shape index (κ2) is 6.13. The van der Waals surface area contributed by atoms with E-state index < -0.39 is 10.4 Å². The monoisotopic (exact) mass is 195 g/mol. The van der Waals surface area contributed by atoms with E-state index >= 15 is 0 Å². The van der Waals surface area contributed by atoms with Crippen molar-refractivity contribution in [2.24, 2.45) is 0 Å². The summed E-state index contributed by atoms with van der Waals surface area (Å²) in [6.45, 7) is 4.97. The second-order valence-corrected chi connectivity index (χ2v) is 3.24. The number of rotatable bonds is 7. The fourth-order valence-electron chi connectivity index (χ4n) is 0.624. The molecule has 12 heavy (non-hydrogen) atoms. The Morgan fingerprint density at radius 3 is 2.75 bits per heavy atom. The lowest BCUT2D eigenvalue weighted by Gasteiger charge is -2.05. The largest absolute Gasteiger partial charge is 0.726 e. The van der Waals surface area contributed by atoms with Crippen LogP contribution < -0.4 is 5.32 Å². The zero-order chi connectivity index (χ0) is 9.45. The van der Waals surface area contributed by atoms with Gasteiger partial charge in [0.1, 0.15) is 0 Å². The lowest BCUT2D eigenvalue weighted by molar-refractivity contribution is -0.646. The van der Waals surface area contributed by atoms with Gasteiger partial charge in [-0.2, -0.15) is 0 Å². The molecule has 0 heterocycles. The maximum Gasteiger partial charge on any atom is 0.217 e. The molecular weight excluding hydrogens is 182 g/mol. The van der Waals surface area contributed by atoms with Crippen LogP contribution >= 0.6 is 0 Å². The zero-order valence-corrected chi connectivity index (χ0v) is 7.55.